The maximum atomic E-state index is 5.25. The molecule has 3 nitrogen and oxygen atoms in total. The van der Waals surface area contributed by atoms with Crippen LogP contribution in [0.3, 0.4) is 0 Å². The van der Waals surface area contributed by atoms with Crippen LogP contribution in [0.4, 0.5) is 5.82 Å². The molecule has 0 amide bonds. The Bertz CT molecular complexity index is 523. The molecule has 0 atom stereocenters. The summed E-state index contributed by atoms with van der Waals surface area (Å²) in [6.07, 6.45) is 1.10. The van der Waals surface area contributed by atoms with E-state index in [0.717, 1.165) is 41.0 Å². The van der Waals surface area contributed by atoms with Crippen molar-refractivity contribution in [1.29, 1.82) is 0 Å². The number of nitrogens with one attached hydrogen (secondary N) is 1. The van der Waals surface area contributed by atoms with Crippen molar-refractivity contribution in [2.24, 2.45) is 0 Å². The van der Waals surface area contributed by atoms with E-state index in [2.05, 4.69) is 30.2 Å². The molecule has 0 aliphatic carbocycles. The molecule has 0 unspecified atom stereocenters. The predicted octanol–water partition coefficient (Wildman–Crippen LogP) is 3.37. The summed E-state index contributed by atoms with van der Waals surface area (Å²) in [4.78, 5) is 4.62. The van der Waals surface area contributed by atoms with Gasteiger partial charge in [0.15, 0.2) is 0 Å². The number of hydrogen-bond donors (Lipinski definition) is 1. The average molecular weight is 230 g/mol. The number of rotatable bonds is 4. The minimum atomic E-state index is 0.881. The van der Waals surface area contributed by atoms with Crippen LogP contribution in [0.15, 0.2) is 24.3 Å². The molecular weight excluding hydrogens is 212 g/mol. The van der Waals surface area contributed by atoms with Gasteiger partial charge in [-0.3, -0.25) is 0 Å². The first kappa shape index (κ1) is 11.7. The lowest BCUT2D eigenvalue weighted by molar-refractivity contribution is 0.415. The van der Waals surface area contributed by atoms with E-state index < -0.39 is 0 Å². The molecule has 2 rings (SSSR count). The summed E-state index contributed by atoms with van der Waals surface area (Å²) < 4.78 is 5.25. The number of aromatic nitrogens is 1. The SMILES string of the molecule is CCCNc1ccc2cc(OC)cc(C)c2n1. The van der Waals surface area contributed by atoms with Crippen molar-refractivity contribution in [1.82, 2.24) is 4.98 Å². The van der Waals surface area contributed by atoms with Gasteiger partial charge in [0.05, 0.1) is 12.6 Å². The van der Waals surface area contributed by atoms with Crippen molar-refractivity contribution in [2.75, 3.05) is 19.0 Å². The van der Waals surface area contributed by atoms with Crippen LogP contribution in [0.2, 0.25) is 0 Å². The molecular formula is C14H18N2O. The van der Waals surface area contributed by atoms with Crippen molar-refractivity contribution in [3.05, 3.63) is 29.8 Å². The molecule has 90 valence electrons. The second-order valence-corrected chi connectivity index (χ2v) is 4.14. The Morgan fingerprint density at radius 1 is 1.29 bits per heavy atom. The van der Waals surface area contributed by atoms with Gasteiger partial charge in [-0.15, -0.1) is 0 Å². The number of benzene rings is 1. The summed E-state index contributed by atoms with van der Waals surface area (Å²) in [5, 5.41) is 4.41. The minimum absolute atomic E-state index is 0.881. The van der Waals surface area contributed by atoms with Gasteiger partial charge in [0, 0.05) is 11.9 Å². The number of nitrogens with zero attached hydrogens (tertiary/aromatic N) is 1. The second kappa shape index (κ2) is 5.04. The number of ether oxygens (including phenoxy) is 1. The maximum Gasteiger partial charge on any atom is 0.126 e. The first-order valence-corrected chi connectivity index (χ1v) is 5.94. The minimum Gasteiger partial charge on any atom is -0.497 e. The molecule has 1 aromatic carbocycles. The Labute approximate surface area is 102 Å². The van der Waals surface area contributed by atoms with Crippen molar-refractivity contribution in [3.8, 4) is 5.75 Å². The Hall–Kier alpha value is -1.77. The molecule has 3 heteroatoms. The molecule has 0 saturated heterocycles. The smallest absolute Gasteiger partial charge is 0.126 e. The Kier molecular flexibility index (Phi) is 3.47. The number of methoxy groups -OCH3 is 1. The van der Waals surface area contributed by atoms with Crippen molar-refractivity contribution >= 4 is 16.7 Å². The van der Waals surface area contributed by atoms with Gasteiger partial charge in [-0.2, -0.15) is 0 Å². The van der Waals surface area contributed by atoms with Crippen LogP contribution in [0.5, 0.6) is 5.75 Å². The lowest BCUT2D eigenvalue weighted by Gasteiger charge is -2.08. The monoisotopic (exact) mass is 230 g/mol. The van der Waals surface area contributed by atoms with Gasteiger partial charge in [-0.1, -0.05) is 6.92 Å². The molecule has 0 fully saturated rings. The van der Waals surface area contributed by atoms with Gasteiger partial charge in [-0.25, -0.2) is 4.98 Å². The van der Waals surface area contributed by atoms with E-state index in [1.165, 1.54) is 0 Å². The van der Waals surface area contributed by atoms with Crippen LogP contribution in [-0.4, -0.2) is 18.6 Å². The first-order valence-electron chi connectivity index (χ1n) is 5.94. The number of aryl methyl sites for hydroxylation is 1. The lowest BCUT2D eigenvalue weighted by atomic mass is 10.1. The number of pyridine rings is 1. The highest BCUT2D eigenvalue weighted by Gasteiger charge is 2.03. The Balaban J connectivity index is 2.43. The highest BCUT2D eigenvalue weighted by molar-refractivity contribution is 5.84. The topological polar surface area (TPSA) is 34.1 Å². The molecule has 0 aliphatic rings. The van der Waals surface area contributed by atoms with E-state index in [1.807, 2.05) is 18.2 Å². The zero-order valence-electron chi connectivity index (χ0n) is 10.6. The molecule has 0 saturated carbocycles. The molecule has 0 radical (unpaired) electrons. The second-order valence-electron chi connectivity index (χ2n) is 4.14. The zero-order chi connectivity index (χ0) is 12.3. The molecule has 0 bridgehead atoms. The van der Waals surface area contributed by atoms with Crippen LogP contribution >= 0.6 is 0 Å². The van der Waals surface area contributed by atoms with Crippen LogP contribution in [0.25, 0.3) is 10.9 Å². The summed E-state index contributed by atoms with van der Waals surface area (Å²) in [5.74, 6) is 1.82. The fourth-order valence-corrected chi connectivity index (χ4v) is 1.85. The molecule has 1 aromatic heterocycles. The third-order valence-corrected chi connectivity index (χ3v) is 2.75. The van der Waals surface area contributed by atoms with E-state index in [4.69, 9.17) is 4.74 Å². The van der Waals surface area contributed by atoms with Crippen molar-refractivity contribution in [2.45, 2.75) is 20.3 Å². The van der Waals surface area contributed by atoms with Crippen LogP contribution < -0.4 is 10.1 Å². The van der Waals surface area contributed by atoms with Gasteiger partial charge in [-0.05, 0) is 43.2 Å². The standard InChI is InChI=1S/C14H18N2O/c1-4-7-15-13-6-5-11-9-12(17-3)8-10(2)14(11)16-13/h5-6,8-9H,4,7H2,1-3H3,(H,15,16). The Morgan fingerprint density at radius 3 is 2.82 bits per heavy atom. The fraction of sp³-hybridized carbons (Fsp3) is 0.357. The molecule has 0 aliphatic heterocycles. The average Bonchev–Trinajstić information content (AvgIpc) is 2.36. The van der Waals surface area contributed by atoms with Gasteiger partial charge in [0.1, 0.15) is 11.6 Å². The summed E-state index contributed by atoms with van der Waals surface area (Å²) in [6, 6.07) is 8.12. The van der Waals surface area contributed by atoms with Gasteiger partial charge in [0.2, 0.25) is 0 Å². The van der Waals surface area contributed by atoms with Gasteiger partial charge in [0.25, 0.3) is 0 Å². The molecule has 17 heavy (non-hydrogen) atoms. The highest BCUT2D eigenvalue weighted by Crippen LogP contribution is 2.24. The van der Waals surface area contributed by atoms with Crippen LogP contribution in [-0.2, 0) is 0 Å². The normalized spacial score (nSPS) is 10.5. The highest BCUT2D eigenvalue weighted by atomic mass is 16.5. The third kappa shape index (κ3) is 2.49. The predicted molar refractivity (Wildman–Crippen MR) is 71.8 cm³/mol. The van der Waals surface area contributed by atoms with Crippen LogP contribution in [0.1, 0.15) is 18.9 Å². The Morgan fingerprint density at radius 2 is 2.12 bits per heavy atom. The van der Waals surface area contributed by atoms with Gasteiger partial charge < -0.3 is 10.1 Å². The number of anilines is 1. The van der Waals surface area contributed by atoms with E-state index in [1.54, 1.807) is 7.11 Å². The zero-order valence-corrected chi connectivity index (χ0v) is 10.6. The van der Waals surface area contributed by atoms with E-state index in [9.17, 15) is 0 Å². The third-order valence-electron chi connectivity index (χ3n) is 2.75. The van der Waals surface area contributed by atoms with E-state index in [-0.39, 0.29) is 0 Å². The van der Waals surface area contributed by atoms with E-state index in [0.29, 0.717) is 0 Å². The first-order chi connectivity index (χ1) is 8.24. The maximum absolute atomic E-state index is 5.25. The largest absolute Gasteiger partial charge is 0.497 e. The quantitative estimate of drug-likeness (QED) is 0.874. The molecule has 1 N–H and O–H groups in total. The molecule has 2 aromatic rings. The number of hydrogen-bond acceptors (Lipinski definition) is 3. The fourth-order valence-electron chi connectivity index (χ4n) is 1.85. The summed E-state index contributed by atoms with van der Waals surface area (Å²) in [5.41, 5.74) is 2.17. The van der Waals surface area contributed by atoms with Crippen molar-refractivity contribution < 1.29 is 4.74 Å². The van der Waals surface area contributed by atoms with Crippen molar-refractivity contribution in [3.63, 3.8) is 0 Å². The summed E-state index contributed by atoms with van der Waals surface area (Å²) in [7, 11) is 1.69. The lowest BCUT2D eigenvalue weighted by Crippen LogP contribution is -2.02. The van der Waals surface area contributed by atoms with Gasteiger partial charge >= 0.3 is 0 Å². The summed E-state index contributed by atoms with van der Waals surface area (Å²) in [6.45, 7) is 5.15. The van der Waals surface area contributed by atoms with E-state index >= 15 is 0 Å². The number of fused-ring (bicyclic) bond motifs is 1. The van der Waals surface area contributed by atoms with Crippen LogP contribution in [0, 0.1) is 6.92 Å². The molecule has 1 heterocycles. The molecule has 0 spiro atoms. The summed E-state index contributed by atoms with van der Waals surface area (Å²) >= 11 is 0.